The minimum atomic E-state index is -0.494. The van der Waals surface area contributed by atoms with Crippen LogP contribution in [0.3, 0.4) is 0 Å². The minimum Gasteiger partial charge on any atom is -0.380 e. The molecule has 0 aromatic heterocycles. The fourth-order valence-electron chi connectivity index (χ4n) is 2.65. The highest BCUT2D eigenvalue weighted by Gasteiger charge is 2.09. The van der Waals surface area contributed by atoms with E-state index in [9.17, 15) is 9.59 Å². The van der Waals surface area contributed by atoms with Crippen molar-refractivity contribution in [1.29, 1.82) is 0 Å². The molecule has 6 heteroatoms. The standard InChI is InChI=1S/C21H20N4O2/c22-20(26)17-11-5-7-13-19(17)23-14-15-8-4-6-12-18(15)25-21(27)24-16-9-2-1-3-10-16/h1-13,23H,14H2,(H2,22,26)(H2,24,25,27). The zero-order chi connectivity index (χ0) is 19.1. The van der Waals surface area contributed by atoms with E-state index in [1.54, 1.807) is 18.2 Å². The number of rotatable bonds is 6. The summed E-state index contributed by atoms with van der Waals surface area (Å²) in [6.07, 6.45) is 0. The van der Waals surface area contributed by atoms with E-state index in [1.165, 1.54) is 0 Å². The molecule has 0 spiro atoms. The van der Waals surface area contributed by atoms with Gasteiger partial charge in [0.25, 0.3) is 5.91 Å². The van der Waals surface area contributed by atoms with E-state index in [0.717, 1.165) is 5.56 Å². The quantitative estimate of drug-likeness (QED) is 0.534. The molecule has 0 bridgehead atoms. The summed E-state index contributed by atoms with van der Waals surface area (Å²) in [5, 5.41) is 8.84. The monoisotopic (exact) mass is 360 g/mol. The normalized spacial score (nSPS) is 10.1. The highest BCUT2D eigenvalue weighted by molar-refractivity contribution is 6.00. The Balaban J connectivity index is 1.69. The molecule has 0 saturated carbocycles. The third kappa shape index (κ3) is 4.85. The first-order chi connectivity index (χ1) is 13.1. The second-order valence-electron chi connectivity index (χ2n) is 5.87. The Labute approximate surface area is 157 Å². The summed E-state index contributed by atoms with van der Waals surface area (Å²) in [7, 11) is 0. The summed E-state index contributed by atoms with van der Waals surface area (Å²) in [5.74, 6) is -0.494. The van der Waals surface area contributed by atoms with Gasteiger partial charge in [-0.15, -0.1) is 0 Å². The number of amides is 3. The summed E-state index contributed by atoms with van der Waals surface area (Å²) in [6, 6.07) is 23.4. The molecule has 0 saturated heterocycles. The number of nitrogens with one attached hydrogen (secondary N) is 3. The fourth-order valence-corrected chi connectivity index (χ4v) is 2.65. The van der Waals surface area contributed by atoms with Gasteiger partial charge in [0.2, 0.25) is 0 Å². The average Bonchev–Trinajstić information content (AvgIpc) is 2.68. The van der Waals surface area contributed by atoms with Crippen LogP contribution in [-0.2, 0) is 6.54 Å². The van der Waals surface area contributed by atoms with Gasteiger partial charge in [-0.1, -0.05) is 48.5 Å². The van der Waals surface area contributed by atoms with Crippen molar-refractivity contribution in [2.45, 2.75) is 6.54 Å². The number of hydrogen-bond acceptors (Lipinski definition) is 3. The van der Waals surface area contributed by atoms with Crippen LogP contribution in [0.2, 0.25) is 0 Å². The molecule has 5 N–H and O–H groups in total. The molecule has 6 nitrogen and oxygen atoms in total. The van der Waals surface area contributed by atoms with Crippen LogP contribution >= 0.6 is 0 Å². The van der Waals surface area contributed by atoms with Crippen molar-refractivity contribution in [2.75, 3.05) is 16.0 Å². The first-order valence-electron chi connectivity index (χ1n) is 8.47. The lowest BCUT2D eigenvalue weighted by molar-refractivity contribution is 0.100. The SMILES string of the molecule is NC(=O)c1ccccc1NCc1ccccc1NC(=O)Nc1ccccc1. The zero-order valence-corrected chi connectivity index (χ0v) is 14.6. The number of para-hydroxylation sites is 3. The highest BCUT2D eigenvalue weighted by atomic mass is 16.2. The van der Waals surface area contributed by atoms with Gasteiger partial charge in [0, 0.05) is 23.6 Å². The fraction of sp³-hybridized carbons (Fsp3) is 0.0476. The molecule has 0 radical (unpaired) electrons. The summed E-state index contributed by atoms with van der Waals surface area (Å²) in [5.41, 5.74) is 8.74. The Morgan fingerprint density at radius 3 is 2.11 bits per heavy atom. The van der Waals surface area contributed by atoms with Crippen LogP contribution in [0.5, 0.6) is 0 Å². The van der Waals surface area contributed by atoms with Gasteiger partial charge >= 0.3 is 6.03 Å². The number of benzene rings is 3. The van der Waals surface area contributed by atoms with E-state index >= 15 is 0 Å². The van der Waals surface area contributed by atoms with Crippen LogP contribution in [-0.4, -0.2) is 11.9 Å². The third-order valence-corrected chi connectivity index (χ3v) is 3.96. The molecule has 3 amide bonds. The summed E-state index contributed by atoms with van der Waals surface area (Å²) in [6.45, 7) is 0.423. The molecule has 0 unspecified atom stereocenters. The van der Waals surface area contributed by atoms with Crippen LogP contribution in [0, 0.1) is 0 Å². The van der Waals surface area contributed by atoms with Gasteiger partial charge in [0.05, 0.1) is 5.56 Å². The van der Waals surface area contributed by atoms with Crippen LogP contribution in [0.15, 0.2) is 78.9 Å². The molecule has 3 rings (SSSR count). The predicted molar refractivity (Wildman–Crippen MR) is 108 cm³/mol. The third-order valence-electron chi connectivity index (χ3n) is 3.96. The van der Waals surface area contributed by atoms with Crippen molar-refractivity contribution in [2.24, 2.45) is 5.73 Å². The van der Waals surface area contributed by atoms with Gasteiger partial charge in [0.1, 0.15) is 0 Å². The van der Waals surface area contributed by atoms with Crippen molar-refractivity contribution < 1.29 is 9.59 Å². The Bertz CT molecular complexity index is 942. The maximum absolute atomic E-state index is 12.2. The molecule has 0 fully saturated rings. The van der Waals surface area contributed by atoms with Crippen LogP contribution in [0.25, 0.3) is 0 Å². The van der Waals surface area contributed by atoms with Gasteiger partial charge in [-0.3, -0.25) is 4.79 Å². The Morgan fingerprint density at radius 2 is 1.37 bits per heavy atom. The van der Waals surface area contributed by atoms with Gasteiger partial charge in [-0.2, -0.15) is 0 Å². The van der Waals surface area contributed by atoms with Crippen LogP contribution < -0.4 is 21.7 Å². The van der Waals surface area contributed by atoms with Crippen molar-refractivity contribution in [1.82, 2.24) is 0 Å². The average molecular weight is 360 g/mol. The smallest absolute Gasteiger partial charge is 0.323 e. The van der Waals surface area contributed by atoms with Gasteiger partial charge < -0.3 is 21.7 Å². The molecule has 0 aliphatic carbocycles. The maximum Gasteiger partial charge on any atom is 0.323 e. The molecule has 3 aromatic carbocycles. The number of carbonyl (C=O) groups is 2. The molecule has 0 atom stereocenters. The lowest BCUT2D eigenvalue weighted by Gasteiger charge is -2.14. The molecule has 136 valence electrons. The topological polar surface area (TPSA) is 96.2 Å². The number of anilines is 3. The van der Waals surface area contributed by atoms with Gasteiger partial charge in [0.15, 0.2) is 0 Å². The molecule has 0 aliphatic rings. The van der Waals surface area contributed by atoms with Crippen molar-refractivity contribution in [3.63, 3.8) is 0 Å². The van der Waals surface area contributed by atoms with E-state index in [1.807, 2.05) is 60.7 Å². The Morgan fingerprint density at radius 1 is 0.741 bits per heavy atom. The maximum atomic E-state index is 12.2. The zero-order valence-electron chi connectivity index (χ0n) is 14.6. The van der Waals surface area contributed by atoms with Crippen LogP contribution in [0.4, 0.5) is 21.9 Å². The molecule has 3 aromatic rings. The Hall–Kier alpha value is -3.80. The van der Waals surface area contributed by atoms with Crippen molar-refractivity contribution in [3.05, 3.63) is 90.0 Å². The van der Waals surface area contributed by atoms with E-state index in [4.69, 9.17) is 5.73 Å². The lowest BCUT2D eigenvalue weighted by Crippen LogP contribution is -2.20. The van der Waals surface area contributed by atoms with Gasteiger partial charge in [-0.25, -0.2) is 4.79 Å². The molecule has 27 heavy (non-hydrogen) atoms. The van der Waals surface area contributed by atoms with Crippen molar-refractivity contribution >= 4 is 29.0 Å². The number of nitrogens with two attached hydrogens (primary N) is 1. The summed E-state index contributed by atoms with van der Waals surface area (Å²) in [4.78, 5) is 23.8. The summed E-state index contributed by atoms with van der Waals surface area (Å²) >= 11 is 0. The van der Waals surface area contributed by atoms with E-state index < -0.39 is 5.91 Å². The van der Waals surface area contributed by atoms with E-state index in [2.05, 4.69) is 16.0 Å². The number of primary amides is 1. The molecule has 0 aliphatic heterocycles. The first-order valence-corrected chi connectivity index (χ1v) is 8.47. The number of urea groups is 1. The van der Waals surface area contributed by atoms with E-state index in [-0.39, 0.29) is 6.03 Å². The largest absolute Gasteiger partial charge is 0.380 e. The lowest BCUT2D eigenvalue weighted by atomic mass is 10.1. The highest BCUT2D eigenvalue weighted by Crippen LogP contribution is 2.20. The number of hydrogen-bond donors (Lipinski definition) is 4. The second kappa shape index (κ2) is 8.53. The summed E-state index contributed by atoms with van der Waals surface area (Å²) < 4.78 is 0. The molecular weight excluding hydrogens is 340 g/mol. The van der Waals surface area contributed by atoms with Crippen molar-refractivity contribution in [3.8, 4) is 0 Å². The van der Waals surface area contributed by atoms with E-state index in [0.29, 0.717) is 29.2 Å². The first kappa shape index (κ1) is 18.0. The molecule has 0 heterocycles. The van der Waals surface area contributed by atoms with Crippen LogP contribution in [0.1, 0.15) is 15.9 Å². The second-order valence-corrected chi connectivity index (χ2v) is 5.87. The molecular formula is C21H20N4O2. The minimum absolute atomic E-state index is 0.328. The predicted octanol–water partition coefficient (Wildman–Crippen LogP) is 4.04. The van der Waals surface area contributed by atoms with Gasteiger partial charge in [-0.05, 0) is 35.9 Å². The Kier molecular flexibility index (Phi) is 5.69. The number of carbonyl (C=O) groups excluding carboxylic acids is 2.